The summed E-state index contributed by atoms with van der Waals surface area (Å²) >= 11 is 0. The number of esters is 1. The highest BCUT2D eigenvalue weighted by Crippen LogP contribution is 2.38. The van der Waals surface area contributed by atoms with Crippen LogP contribution in [0.1, 0.15) is 132 Å². The van der Waals surface area contributed by atoms with Crippen molar-refractivity contribution in [2.45, 2.75) is 167 Å². The number of rotatable bonds is 18. The zero-order chi connectivity index (χ0) is 30.5. The van der Waals surface area contributed by atoms with Crippen molar-refractivity contribution in [3.8, 4) is 0 Å². The first-order valence-corrected chi connectivity index (χ1v) is 18.5. The van der Waals surface area contributed by atoms with Crippen molar-refractivity contribution in [3.63, 3.8) is 0 Å². The Morgan fingerprint density at radius 2 is 1.43 bits per heavy atom. The number of ketones is 1. The maximum absolute atomic E-state index is 13.6. The Bertz CT molecular complexity index is 826. The first-order chi connectivity index (χ1) is 18.6. The third kappa shape index (κ3) is 12.5. The maximum atomic E-state index is 13.6. The van der Waals surface area contributed by atoms with E-state index in [1.807, 2.05) is 19.2 Å². The first-order valence-electron chi connectivity index (χ1n) is 15.6. The van der Waals surface area contributed by atoms with E-state index in [2.05, 4.69) is 39.1 Å². The van der Waals surface area contributed by atoms with Crippen molar-refractivity contribution in [2.24, 2.45) is 0 Å². The van der Waals surface area contributed by atoms with E-state index in [-0.39, 0.29) is 18.1 Å². The van der Waals surface area contributed by atoms with Gasteiger partial charge in [-0.25, -0.2) is 9.59 Å². The molecule has 232 valence electrons. The smallest absolute Gasteiger partial charge is 0.408 e. The van der Waals surface area contributed by atoms with Gasteiger partial charge in [0.1, 0.15) is 5.60 Å². The number of carbonyl (C=O) groups is 3. The number of Topliss-reactive ketones (excluding diaryl/α,β-unsaturated/α-hetero) is 1. The van der Waals surface area contributed by atoms with Gasteiger partial charge >= 0.3 is 12.1 Å². The molecule has 0 saturated carbocycles. The van der Waals surface area contributed by atoms with Crippen LogP contribution in [0.4, 0.5) is 4.79 Å². The van der Waals surface area contributed by atoms with E-state index in [1.165, 1.54) is 64.2 Å². The Balaban J connectivity index is 2.62. The molecule has 1 N–H and O–H groups in total. The van der Waals surface area contributed by atoms with Gasteiger partial charge in [0, 0.05) is 6.42 Å². The van der Waals surface area contributed by atoms with Crippen LogP contribution < -0.4 is 5.32 Å². The summed E-state index contributed by atoms with van der Waals surface area (Å²) in [5.74, 6) is -1.27. The maximum Gasteiger partial charge on any atom is 0.408 e. The molecule has 1 rings (SSSR count). The van der Waals surface area contributed by atoms with Gasteiger partial charge in [-0.3, -0.25) is 10.1 Å². The van der Waals surface area contributed by atoms with Crippen LogP contribution in [0.3, 0.4) is 0 Å². The summed E-state index contributed by atoms with van der Waals surface area (Å²) in [7, 11) is -2.33. The molecule has 0 unspecified atom stereocenters. The second kappa shape index (κ2) is 16.7. The molecule has 2 atom stereocenters. The minimum Gasteiger partial charge on any atom is -0.452 e. The lowest BCUT2D eigenvalue weighted by molar-refractivity contribution is -0.147. The molecule has 1 fully saturated rings. The molecule has 1 aliphatic heterocycles. The van der Waals surface area contributed by atoms with Gasteiger partial charge in [0.15, 0.2) is 14.4 Å². The quantitative estimate of drug-likeness (QED) is 0.0574. The normalized spacial score (nSPS) is 20.3. The predicted molar refractivity (Wildman–Crippen MR) is 165 cm³/mol. The Labute approximate surface area is 245 Å². The van der Waals surface area contributed by atoms with Gasteiger partial charge in [-0.15, -0.1) is 0 Å². The summed E-state index contributed by atoms with van der Waals surface area (Å²) in [4.78, 5) is 39.4. The Hall–Kier alpha value is -1.67. The molecule has 1 amide bonds. The number of cyclic esters (lactones) is 1. The fraction of sp³-hybridized carbons (Fsp3) is 0.844. The Kier molecular flexibility index (Phi) is 15.2. The summed E-state index contributed by atoms with van der Waals surface area (Å²) in [6.45, 7) is 17.5. The van der Waals surface area contributed by atoms with Crippen molar-refractivity contribution in [3.05, 3.63) is 12.2 Å². The summed E-state index contributed by atoms with van der Waals surface area (Å²) in [6.07, 6.45) is 17.7. The van der Waals surface area contributed by atoms with Crippen LogP contribution in [-0.2, 0) is 23.5 Å². The minimum absolute atomic E-state index is 0.137. The van der Waals surface area contributed by atoms with Crippen molar-refractivity contribution >= 4 is 26.2 Å². The van der Waals surface area contributed by atoms with Crippen molar-refractivity contribution in [1.82, 2.24) is 5.32 Å². The van der Waals surface area contributed by atoms with Gasteiger partial charge in [0.25, 0.3) is 0 Å². The van der Waals surface area contributed by atoms with Crippen LogP contribution in [0.25, 0.3) is 0 Å². The topological polar surface area (TPSA) is 90.9 Å². The van der Waals surface area contributed by atoms with E-state index < -0.39 is 43.4 Å². The average Bonchev–Trinajstić information content (AvgIpc) is 3.05. The zero-order valence-corrected chi connectivity index (χ0v) is 28.1. The third-order valence-electron chi connectivity index (χ3n) is 7.97. The van der Waals surface area contributed by atoms with E-state index in [0.29, 0.717) is 0 Å². The first kappa shape index (κ1) is 36.4. The molecule has 40 heavy (non-hydrogen) atoms. The summed E-state index contributed by atoms with van der Waals surface area (Å²) in [5.41, 5.74) is -2.69. The van der Waals surface area contributed by atoms with Gasteiger partial charge in [-0.05, 0) is 51.7 Å². The second-order valence-corrected chi connectivity index (χ2v) is 18.7. The van der Waals surface area contributed by atoms with Crippen LogP contribution in [0.5, 0.6) is 0 Å². The van der Waals surface area contributed by atoms with Crippen molar-refractivity contribution < 1.29 is 28.3 Å². The third-order valence-corrected chi connectivity index (χ3v) is 12.5. The average molecular weight is 582 g/mol. The number of hydrogen-bond donors (Lipinski definition) is 1. The van der Waals surface area contributed by atoms with Crippen molar-refractivity contribution in [1.29, 1.82) is 0 Å². The lowest BCUT2D eigenvalue weighted by atomic mass is 9.93. The van der Waals surface area contributed by atoms with E-state index >= 15 is 0 Å². The van der Waals surface area contributed by atoms with Gasteiger partial charge in [0.2, 0.25) is 11.3 Å². The SMILES string of the molecule is CCCCCCCCCCCCC/C=C/C[C@H]1OC(=O)[C@@](CO[Si](C)(C)C(C)(C)C)(NC(=O)OC(C)(C)C)C1=O. The molecule has 0 aliphatic carbocycles. The standard InChI is InChI=1S/C32H59NO6Si/c1-10-11-12-13-14-15-16-17-18-19-20-21-22-23-24-26-27(34)32(28(35)38-26,33-29(36)39-30(2,3)4)25-37-40(8,9)31(5,6)7/h22-23,26H,10-21,24-25H2,1-9H3,(H,33,36)/b23-22+/t26-,32+/m1/s1. The number of carbonyl (C=O) groups excluding carboxylic acids is 3. The van der Waals surface area contributed by atoms with E-state index in [0.717, 1.165) is 12.8 Å². The molecule has 1 aliphatic rings. The summed E-state index contributed by atoms with van der Waals surface area (Å²) in [6, 6.07) is 0. The molecule has 0 radical (unpaired) electrons. The number of alkyl carbamates (subject to hydrolysis) is 1. The molecule has 0 aromatic carbocycles. The van der Waals surface area contributed by atoms with E-state index in [1.54, 1.807) is 20.8 Å². The molecule has 1 saturated heterocycles. The molecule has 0 bridgehead atoms. The molecule has 7 nitrogen and oxygen atoms in total. The highest BCUT2D eigenvalue weighted by molar-refractivity contribution is 6.74. The highest BCUT2D eigenvalue weighted by Gasteiger charge is 2.59. The van der Waals surface area contributed by atoms with Gasteiger partial charge in [-0.2, -0.15) is 0 Å². The molecular formula is C32H59NO6Si. The molecule has 8 heteroatoms. The zero-order valence-electron chi connectivity index (χ0n) is 27.1. The number of ether oxygens (including phenoxy) is 2. The molecule has 0 aromatic heterocycles. The number of nitrogens with one attached hydrogen (secondary N) is 1. The number of unbranched alkanes of at least 4 members (excludes halogenated alkanes) is 11. The van der Waals surface area contributed by atoms with E-state index in [9.17, 15) is 14.4 Å². The van der Waals surface area contributed by atoms with Gasteiger partial charge in [0.05, 0.1) is 6.61 Å². The van der Waals surface area contributed by atoms with Crippen molar-refractivity contribution in [2.75, 3.05) is 6.61 Å². The molecule has 0 spiro atoms. The van der Waals surface area contributed by atoms with Gasteiger partial charge < -0.3 is 13.9 Å². The molecular weight excluding hydrogens is 522 g/mol. The highest BCUT2D eigenvalue weighted by atomic mass is 28.4. The lowest BCUT2D eigenvalue weighted by Gasteiger charge is -2.38. The van der Waals surface area contributed by atoms with Crippen LogP contribution in [-0.4, -0.2) is 50.0 Å². The van der Waals surface area contributed by atoms with Crippen LogP contribution in [0.15, 0.2) is 12.2 Å². The molecule has 0 aromatic rings. The Morgan fingerprint density at radius 1 is 0.900 bits per heavy atom. The fourth-order valence-corrected chi connectivity index (χ4v) is 5.35. The van der Waals surface area contributed by atoms with Gasteiger partial charge in [-0.1, -0.05) is 104 Å². The monoisotopic (exact) mass is 581 g/mol. The van der Waals surface area contributed by atoms with Crippen LogP contribution in [0.2, 0.25) is 18.1 Å². The van der Waals surface area contributed by atoms with Crippen LogP contribution in [0, 0.1) is 0 Å². The predicted octanol–water partition coefficient (Wildman–Crippen LogP) is 8.41. The van der Waals surface area contributed by atoms with Crippen LogP contribution >= 0.6 is 0 Å². The fourth-order valence-electron chi connectivity index (χ4n) is 4.34. The summed E-state index contributed by atoms with van der Waals surface area (Å²) < 4.78 is 17.1. The van der Waals surface area contributed by atoms with E-state index in [4.69, 9.17) is 13.9 Å². The number of hydrogen-bond acceptors (Lipinski definition) is 6. The number of allylic oxidation sites excluding steroid dienone is 1. The largest absolute Gasteiger partial charge is 0.452 e. The Morgan fingerprint density at radius 3 is 1.93 bits per heavy atom. The lowest BCUT2D eigenvalue weighted by Crippen LogP contribution is -2.63. The number of amides is 1. The minimum atomic E-state index is -2.33. The molecule has 1 heterocycles. The summed E-state index contributed by atoms with van der Waals surface area (Å²) in [5, 5.41) is 2.41. The second-order valence-electron chi connectivity index (χ2n) is 13.9.